The first-order valence-electron chi connectivity index (χ1n) is 10.5. The van der Waals surface area contributed by atoms with Crippen LogP contribution in [0.3, 0.4) is 0 Å². The zero-order valence-corrected chi connectivity index (χ0v) is 18.2. The number of pyridine rings is 1. The highest BCUT2D eigenvalue weighted by Gasteiger charge is 2.34. The van der Waals surface area contributed by atoms with E-state index in [1.54, 1.807) is 12.1 Å². The van der Waals surface area contributed by atoms with Crippen LogP contribution in [0.4, 0.5) is 13.2 Å². The molecule has 0 saturated heterocycles. The average Bonchev–Trinajstić information content (AvgIpc) is 3.22. The Morgan fingerprint density at radius 2 is 1.82 bits per heavy atom. The first-order chi connectivity index (χ1) is 16.2. The maximum Gasteiger partial charge on any atom is 0.416 e. The number of alkyl halides is 3. The Balaban J connectivity index is 1.33. The molecule has 176 valence electrons. The lowest BCUT2D eigenvalue weighted by Crippen LogP contribution is -2.29. The van der Waals surface area contributed by atoms with Crippen molar-refractivity contribution in [2.75, 3.05) is 6.54 Å². The zero-order valence-electron chi connectivity index (χ0n) is 18.2. The van der Waals surface area contributed by atoms with Crippen molar-refractivity contribution in [1.29, 1.82) is 0 Å². The number of nitrogens with one attached hydrogen (secondary N) is 1. The van der Waals surface area contributed by atoms with Crippen LogP contribution in [0.5, 0.6) is 5.75 Å². The van der Waals surface area contributed by atoms with Crippen LogP contribution in [0.25, 0.3) is 5.65 Å². The smallest absolute Gasteiger partial charge is 0.416 e. The third-order valence-electron chi connectivity index (χ3n) is 5.23. The number of fused-ring (bicyclic) bond motifs is 1. The van der Waals surface area contributed by atoms with E-state index in [1.165, 1.54) is 30.3 Å². The number of aliphatic hydroxyl groups is 1. The van der Waals surface area contributed by atoms with Crippen LogP contribution >= 0.6 is 0 Å². The number of nitrogens with zero attached hydrogens (tertiary/aromatic N) is 2. The Labute approximate surface area is 193 Å². The maximum atomic E-state index is 13.1. The number of imidazole rings is 1. The van der Waals surface area contributed by atoms with E-state index >= 15 is 0 Å². The number of hydrogen-bond donors (Lipinski definition) is 2. The minimum absolute atomic E-state index is 0.247. The van der Waals surface area contributed by atoms with E-state index in [9.17, 15) is 23.1 Å². The van der Waals surface area contributed by atoms with Crippen molar-refractivity contribution in [1.82, 2.24) is 14.7 Å². The molecule has 34 heavy (non-hydrogen) atoms. The second kappa shape index (κ2) is 9.56. The molecule has 1 unspecified atom stereocenters. The number of aryl methyl sites for hydroxylation is 1. The van der Waals surface area contributed by atoms with Crippen molar-refractivity contribution in [2.45, 2.75) is 25.8 Å². The summed E-state index contributed by atoms with van der Waals surface area (Å²) in [4.78, 5) is 16.9. The van der Waals surface area contributed by atoms with Crippen molar-refractivity contribution in [3.05, 3.63) is 101 Å². The lowest BCUT2D eigenvalue weighted by atomic mass is 10.0. The fourth-order valence-electron chi connectivity index (χ4n) is 3.53. The molecule has 1 atom stereocenters. The van der Waals surface area contributed by atoms with Crippen molar-refractivity contribution < 1.29 is 27.8 Å². The highest BCUT2D eigenvalue weighted by atomic mass is 19.4. The SMILES string of the molecule is Cc1ccc2nc(COc3ccc(C(=O)NCC(O)c4ccccc4C(F)(F)F)cc3)cn2c1. The van der Waals surface area contributed by atoms with Gasteiger partial charge in [0, 0.05) is 24.5 Å². The van der Waals surface area contributed by atoms with Gasteiger partial charge in [0.15, 0.2) is 0 Å². The topological polar surface area (TPSA) is 75.9 Å². The third kappa shape index (κ3) is 5.37. The van der Waals surface area contributed by atoms with Gasteiger partial charge >= 0.3 is 6.18 Å². The molecule has 9 heteroatoms. The predicted molar refractivity (Wildman–Crippen MR) is 119 cm³/mol. The minimum atomic E-state index is -4.60. The summed E-state index contributed by atoms with van der Waals surface area (Å²) in [5.41, 5.74) is 1.74. The van der Waals surface area contributed by atoms with E-state index < -0.39 is 23.8 Å². The number of carbonyl (C=O) groups is 1. The molecule has 6 nitrogen and oxygen atoms in total. The largest absolute Gasteiger partial charge is 0.487 e. The average molecular weight is 469 g/mol. The van der Waals surface area contributed by atoms with Gasteiger partial charge < -0.3 is 19.6 Å². The first kappa shape index (κ1) is 23.3. The van der Waals surface area contributed by atoms with E-state index in [-0.39, 0.29) is 24.3 Å². The predicted octanol–water partition coefficient (Wildman–Crippen LogP) is 4.70. The van der Waals surface area contributed by atoms with Gasteiger partial charge in [0.2, 0.25) is 0 Å². The van der Waals surface area contributed by atoms with Gasteiger partial charge in [-0.1, -0.05) is 24.3 Å². The quantitative estimate of drug-likeness (QED) is 0.411. The molecule has 0 fully saturated rings. The van der Waals surface area contributed by atoms with Crippen LogP contribution in [-0.4, -0.2) is 26.9 Å². The third-order valence-corrected chi connectivity index (χ3v) is 5.23. The summed E-state index contributed by atoms with van der Waals surface area (Å²) < 4.78 is 47.1. The molecule has 0 aliphatic carbocycles. The fraction of sp³-hybridized carbons (Fsp3) is 0.200. The van der Waals surface area contributed by atoms with Gasteiger partial charge in [-0.05, 0) is 54.4 Å². The van der Waals surface area contributed by atoms with Crippen LogP contribution in [-0.2, 0) is 12.8 Å². The Hall–Kier alpha value is -3.85. The zero-order chi connectivity index (χ0) is 24.3. The Morgan fingerprint density at radius 3 is 2.56 bits per heavy atom. The number of amides is 1. The molecular weight excluding hydrogens is 447 g/mol. The summed E-state index contributed by atoms with van der Waals surface area (Å²) in [6.07, 6.45) is -2.25. The molecule has 2 heterocycles. The van der Waals surface area contributed by atoms with Crippen LogP contribution < -0.4 is 10.1 Å². The summed E-state index contributed by atoms with van der Waals surface area (Å²) in [6.45, 7) is 1.88. The van der Waals surface area contributed by atoms with Gasteiger partial charge in [-0.25, -0.2) is 4.98 Å². The second-order valence-corrected chi connectivity index (χ2v) is 7.83. The number of aliphatic hydroxyl groups excluding tert-OH is 1. The van der Waals surface area contributed by atoms with E-state index in [0.717, 1.165) is 23.0 Å². The molecule has 0 radical (unpaired) electrons. The molecule has 2 N–H and O–H groups in total. The van der Waals surface area contributed by atoms with Crippen LogP contribution in [0, 0.1) is 6.92 Å². The van der Waals surface area contributed by atoms with Gasteiger partial charge in [-0.3, -0.25) is 4.79 Å². The molecule has 4 aromatic rings. The lowest BCUT2D eigenvalue weighted by Gasteiger charge is -2.18. The highest BCUT2D eigenvalue weighted by molar-refractivity contribution is 5.94. The van der Waals surface area contributed by atoms with Crippen molar-refractivity contribution in [3.8, 4) is 5.75 Å². The molecule has 1 amide bonds. The van der Waals surface area contributed by atoms with Crippen LogP contribution in [0.1, 0.15) is 38.8 Å². The number of hydrogen-bond acceptors (Lipinski definition) is 4. The van der Waals surface area contributed by atoms with E-state index in [0.29, 0.717) is 5.75 Å². The maximum absolute atomic E-state index is 13.1. The first-order valence-corrected chi connectivity index (χ1v) is 10.5. The molecule has 4 rings (SSSR count). The second-order valence-electron chi connectivity index (χ2n) is 7.83. The van der Waals surface area contributed by atoms with Gasteiger partial charge in [-0.15, -0.1) is 0 Å². The Bertz CT molecular complexity index is 1300. The lowest BCUT2D eigenvalue weighted by molar-refractivity contribution is -0.139. The molecule has 0 bridgehead atoms. The Morgan fingerprint density at radius 1 is 1.09 bits per heavy atom. The molecule has 0 aliphatic rings. The number of carbonyl (C=O) groups excluding carboxylic acids is 1. The molecule has 2 aromatic heterocycles. The van der Waals surface area contributed by atoms with E-state index in [4.69, 9.17) is 4.74 Å². The van der Waals surface area contributed by atoms with Gasteiger partial charge in [0.05, 0.1) is 17.4 Å². The molecule has 0 spiro atoms. The Kier molecular flexibility index (Phi) is 6.56. The number of benzene rings is 2. The monoisotopic (exact) mass is 469 g/mol. The number of aromatic nitrogens is 2. The van der Waals surface area contributed by atoms with Gasteiger partial charge in [-0.2, -0.15) is 13.2 Å². The van der Waals surface area contributed by atoms with Crippen molar-refractivity contribution >= 4 is 11.6 Å². The standard InChI is InChI=1S/C25H22F3N3O3/c1-16-6-11-23-30-18(14-31(23)13-16)15-34-19-9-7-17(8-10-19)24(33)29-12-22(32)20-4-2-3-5-21(20)25(26,27)28/h2-11,13-14,22,32H,12,15H2,1H3,(H,29,33). The summed E-state index contributed by atoms with van der Waals surface area (Å²) in [5, 5.41) is 12.7. The molecule has 0 aliphatic heterocycles. The normalized spacial score (nSPS) is 12.5. The molecule has 0 saturated carbocycles. The number of ether oxygens (including phenoxy) is 1. The number of rotatable bonds is 7. The summed E-state index contributed by atoms with van der Waals surface area (Å²) in [7, 11) is 0. The van der Waals surface area contributed by atoms with Gasteiger partial charge in [0.25, 0.3) is 5.91 Å². The summed E-state index contributed by atoms with van der Waals surface area (Å²) in [6, 6.07) is 14.9. The van der Waals surface area contributed by atoms with E-state index in [1.807, 2.05) is 35.9 Å². The fourth-order valence-corrected chi connectivity index (χ4v) is 3.53. The minimum Gasteiger partial charge on any atom is -0.487 e. The van der Waals surface area contributed by atoms with Crippen LogP contribution in [0.2, 0.25) is 0 Å². The van der Waals surface area contributed by atoms with Crippen molar-refractivity contribution in [3.63, 3.8) is 0 Å². The van der Waals surface area contributed by atoms with E-state index in [2.05, 4.69) is 10.3 Å². The number of halogens is 3. The molecular formula is C25H22F3N3O3. The summed E-state index contributed by atoms with van der Waals surface area (Å²) >= 11 is 0. The summed E-state index contributed by atoms with van der Waals surface area (Å²) in [5.74, 6) is 0.00902. The van der Waals surface area contributed by atoms with Crippen LogP contribution in [0.15, 0.2) is 73.1 Å². The van der Waals surface area contributed by atoms with Crippen molar-refractivity contribution in [2.24, 2.45) is 0 Å². The highest BCUT2D eigenvalue weighted by Crippen LogP contribution is 2.34. The van der Waals surface area contributed by atoms with Gasteiger partial charge in [0.1, 0.15) is 18.0 Å². The molecule has 2 aromatic carbocycles.